The molecule has 4 rings (SSSR count). The number of benzene rings is 4. The number of anilines is 2. The number of aromatic carboxylic acids is 1. The van der Waals surface area contributed by atoms with E-state index < -0.39 is 11.2 Å². The van der Waals surface area contributed by atoms with Gasteiger partial charge in [-0.2, -0.15) is 0 Å². The van der Waals surface area contributed by atoms with Gasteiger partial charge in [-0.05, 0) is 60.2 Å². The number of carboxylic acid groups (broad SMARTS) is 1. The minimum absolute atomic E-state index is 0.0834. The Morgan fingerprint density at radius 2 is 1.38 bits per heavy atom. The largest absolute Gasteiger partial charge is 0.496 e. The SMILES string of the molecule is COc1cccc(OC)c1C(=O)Nc1ccc(SC(C(=O)Nc2cccc(C(=O)O)c2)c2ccccc2)cc1. The molecule has 0 aromatic heterocycles. The van der Waals surface area contributed by atoms with Crippen molar-refractivity contribution in [2.75, 3.05) is 24.9 Å². The zero-order valence-electron chi connectivity index (χ0n) is 21.2. The molecule has 4 aromatic carbocycles. The van der Waals surface area contributed by atoms with Crippen molar-refractivity contribution in [1.82, 2.24) is 0 Å². The molecule has 0 spiro atoms. The molecule has 0 heterocycles. The molecule has 8 nitrogen and oxygen atoms in total. The van der Waals surface area contributed by atoms with Crippen LogP contribution >= 0.6 is 11.8 Å². The Kier molecular flexibility index (Phi) is 8.86. The predicted molar refractivity (Wildman–Crippen MR) is 151 cm³/mol. The first-order valence-corrected chi connectivity index (χ1v) is 12.8. The highest BCUT2D eigenvalue weighted by atomic mass is 32.2. The number of nitrogens with one attached hydrogen (secondary N) is 2. The standard InChI is InChI=1S/C30H26N2O6S/c1-37-24-12-7-13-25(38-2)26(24)28(33)31-21-14-16-23(17-15-21)39-27(19-8-4-3-5-9-19)29(34)32-22-11-6-10-20(18-22)30(35)36/h3-18,27H,1-2H3,(H,31,33)(H,32,34)(H,35,36). The molecule has 0 saturated carbocycles. The first-order chi connectivity index (χ1) is 18.9. The van der Waals surface area contributed by atoms with Crippen LogP contribution in [0.3, 0.4) is 0 Å². The molecular formula is C30H26N2O6S. The van der Waals surface area contributed by atoms with Crippen molar-refractivity contribution in [2.45, 2.75) is 10.1 Å². The van der Waals surface area contributed by atoms with Crippen molar-refractivity contribution in [1.29, 1.82) is 0 Å². The second-order valence-electron chi connectivity index (χ2n) is 8.30. The summed E-state index contributed by atoms with van der Waals surface area (Å²) >= 11 is 1.33. The number of ether oxygens (including phenoxy) is 2. The number of thioether (sulfide) groups is 1. The number of carboxylic acids is 1. The maximum absolute atomic E-state index is 13.3. The Bertz CT molecular complexity index is 1450. The van der Waals surface area contributed by atoms with Crippen molar-refractivity contribution in [3.8, 4) is 11.5 Å². The normalized spacial score (nSPS) is 11.2. The van der Waals surface area contributed by atoms with Gasteiger partial charge in [0, 0.05) is 16.3 Å². The van der Waals surface area contributed by atoms with Crippen molar-refractivity contribution >= 4 is 40.9 Å². The van der Waals surface area contributed by atoms with E-state index in [-0.39, 0.29) is 22.9 Å². The molecule has 9 heteroatoms. The van der Waals surface area contributed by atoms with E-state index in [4.69, 9.17) is 9.47 Å². The Morgan fingerprint density at radius 3 is 2.00 bits per heavy atom. The van der Waals surface area contributed by atoms with Gasteiger partial charge in [-0.3, -0.25) is 9.59 Å². The fourth-order valence-electron chi connectivity index (χ4n) is 3.86. The highest BCUT2D eigenvalue weighted by Gasteiger charge is 2.23. The van der Waals surface area contributed by atoms with Crippen LogP contribution in [-0.4, -0.2) is 37.1 Å². The Morgan fingerprint density at radius 1 is 0.744 bits per heavy atom. The molecule has 0 radical (unpaired) electrons. The van der Waals surface area contributed by atoms with Gasteiger partial charge in [0.25, 0.3) is 5.91 Å². The molecule has 39 heavy (non-hydrogen) atoms. The van der Waals surface area contributed by atoms with Crippen LogP contribution in [0.5, 0.6) is 11.5 Å². The first kappa shape index (κ1) is 27.3. The highest BCUT2D eigenvalue weighted by Crippen LogP contribution is 2.37. The molecule has 0 saturated heterocycles. The molecule has 0 aliphatic heterocycles. The molecule has 0 bridgehead atoms. The number of hydrogen-bond acceptors (Lipinski definition) is 6. The molecule has 2 amide bonds. The third kappa shape index (κ3) is 6.77. The molecule has 0 aliphatic rings. The summed E-state index contributed by atoms with van der Waals surface area (Å²) in [5.74, 6) is -0.963. The predicted octanol–water partition coefficient (Wildman–Crippen LogP) is 6.13. The van der Waals surface area contributed by atoms with E-state index >= 15 is 0 Å². The van der Waals surface area contributed by atoms with E-state index in [1.54, 1.807) is 42.5 Å². The van der Waals surface area contributed by atoms with Gasteiger partial charge < -0.3 is 25.2 Å². The van der Waals surface area contributed by atoms with E-state index in [2.05, 4.69) is 10.6 Å². The third-order valence-corrected chi connectivity index (χ3v) is 7.00. The quantitative estimate of drug-likeness (QED) is 0.207. The maximum Gasteiger partial charge on any atom is 0.335 e. The van der Waals surface area contributed by atoms with E-state index in [9.17, 15) is 19.5 Å². The molecular weight excluding hydrogens is 516 g/mol. The smallest absolute Gasteiger partial charge is 0.335 e. The molecule has 3 N–H and O–H groups in total. The summed E-state index contributed by atoms with van der Waals surface area (Å²) in [6.07, 6.45) is 0. The molecule has 198 valence electrons. The van der Waals surface area contributed by atoms with Crippen molar-refractivity contribution < 1.29 is 29.0 Å². The topological polar surface area (TPSA) is 114 Å². The lowest BCUT2D eigenvalue weighted by Crippen LogP contribution is -2.19. The van der Waals surface area contributed by atoms with Crippen LogP contribution in [0.2, 0.25) is 0 Å². The highest BCUT2D eigenvalue weighted by molar-refractivity contribution is 8.00. The summed E-state index contributed by atoms with van der Waals surface area (Å²) in [5.41, 5.74) is 2.11. The number of amides is 2. The van der Waals surface area contributed by atoms with E-state index in [0.29, 0.717) is 22.9 Å². The van der Waals surface area contributed by atoms with Crippen molar-refractivity contribution in [3.63, 3.8) is 0 Å². The van der Waals surface area contributed by atoms with Gasteiger partial charge >= 0.3 is 5.97 Å². The lowest BCUT2D eigenvalue weighted by atomic mass is 10.1. The summed E-state index contributed by atoms with van der Waals surface area (Å²) in [7, 11) is 2.97. The van der Waals surface area contributed by atoms with Crippen LogP contribution in [0.1, 0.15) is 31.5 Å². The lowest BCUT2D eigenvalue weighted by molar-refractivity contribution is -0.115. The summed E-state index contributed by atoms with van der Waals surface area (Å²) in [6, 6.07) is 27.6. The Balaban J connectivity index is 1.52. The maximum atomic E-state index is 13.3. The monoisotopic (exact) mass is 542 g/mol. The molecule has 4 aromatic rings. The van der Waals surface area contributed by atoms with Crippen LogP contribution in [0, 0.1) is 0 Å². The molecule has 1 unspecified atom stereocenters. The number of hydrogen-bond donors (Lipinski definition) is 3. The number of carbonyl (C=O) groups is 3. The minimum Gasteiger partial charge on any atom is -0.496 e. The van der Waals surface area contributed by atoms with Crippen molar-refractivity contribution in [3.05, 3.63) is 114 Å². The summed E-state index contributed by atoms with van der Waals surface area (Å²) in [4.78, 5) is 38.4. The average molecular weight is 543 g/mol. The Labute approximate surface area is 230 Å². The first-order valence-electron chi connectivity index (χ1n) is 11.9. The number of methoxy groups -OCH3 is 2. The van der Waals surface area contributed by atoms with Gasteiger partial charge in [-0.1, -0.05) is 42.5 Å². The molecule has 0 aliphatic carbocycles. The van der Waals surface area contributed by atoms with Gasteiger partial charge in [-0.15, -0.1) is 11.8 Å². The fourth-order valence-corrected chi connectivity index (χ4v) is 4.88. The van der Waals surface area contributed by atoms with Gasteiger partial charge in [0.2, 0.25) is 5.91 Å². The van der Waals surface area contributed by atoms with Crippen molar-refractivity contribution in [2.24, 2.45) is 0 Å². The van der Waals surface area contributed by atoms with E-state index in [1.165, 1.54) is 38.1 Å². The van der Waals surface area contributed by atoms with Crippen LogP contribution in [0.15, 0.2) is 102 Å². The zero-order chi connectivity index (χ0) is 27.8. The van der Waals surface area contributed by atoms with E-state index in [0.717, 1.165) is 10.5 Å². The van der Waals surface area contributed by atoms with Gasteiger partial charge in [0.15, 0.2) is 0 Å². The number of carbonyl (C=O) groups excluding carboxylic acids is 2. The zero-order valence-corrected chi connectivity index (χ0v) is 22.0. The molecule has 0 fully saturated rings. The van der Waals surface area contributed by atoms with Crippen LogP contribution in [0.4, 0.5) is 11.4 Å². The molecule has 1 atom stereocenters. The summed E-state index contributed by atoms with van der Waals surface area (Å²) < 4.78 is 10.6. The lowest BCUT2D eigenvalue weighted by Gasteiger charge is -2.18. The summed E-state index contributed by atoms with van der Waals surface area (Å²) in [6.45, 7) is 0. The van der Waals surface area contributed by atoms with Gasteiger partial charge in [0.1, 0.15) is 22.3 Å². The van der Waals surface area contributed by atoms with Gasteiger partial charge in [-0.25, -0.2) is 4.79 Å². The summed E-state index contributed by atoms with van der Waals surface area (Å²) in [5, 5.41) is 14.3. The number of rotatable bonds is 10. The average Bonchev–Trinajstić information content (AvgIpc) is 2.96. The fraction of sp³-hybridized carbons (Fsp3) is 0.100. The van der Waals surface area contributed by atoms with E-state index in [1.807, 2.05) is 42.5 Å². The van der Waals surface area contributed by atoms with Crippen LogP contribution < -0.4 is 20.1 Å². The van der Waals surface area contributed by atoms with Crippen LogP contribution in [-0.2, 0) is 4.79 Å². The van der Waals surface area contributed by atoms with Gasteiger partial charge in [0.05, 0.1) is 19.8 Å². The third-order valence-electron chi connectivity index (χ3n) is 5.74. The second-order valence-corrected chi connectivity index (χ2v) is 9.48. The minimum atomic E-state index is -1.07. The van der Waals surface area contributed by atoms with Crippen LogP contribution in [0.25, 0.3) is 0 Å². The second kappa shape index (κ2) is 12.7. The Hall–Kier alpha value is -4.76.